The summed E-state index contributed by atoms with van der Waals surface area (Å²) in [6.45, 7) is 6.86. The van der Waals surface area contributed by atoms with Crippen LogP contribution in [0.4, 0.5) is 0 Å². The Bertz CT molecular complexity index is 924. The molecule has 1 atom stereocenters. The number of rotatable bonds is 6. The van der Waals surface area contributed by atoms with Crippen molar-refractivity contribution in [2.45, 2.75) is 32.7 Å². The van der Waals surface area contributed by atoms with Crippen molar-refractivity contribution >= 4 is 17.2 Å². The summed E-state index contributed by atoms with van der Waals surface area (Å²) >= 11 is 1.77. The minimum atomic E-state index is -0.0272. The first kappa shape index (κ1) is 18.9. The number of aryl methyl sites for hydroxylation is 2. The number of nitrogens with one attached hydrogen (secondary N) is 1. The van der Waals surface area contributed by atoms with Gasteiger partial charge in [-0.2, -0.15) is 5.10 Å². The Morgan fingerprint density at radius 2 is 1.93 bits per heavy atom. The normalized spacial score (nSPS) is 15.6. The topological polar surface area (TPSA) is 50.2 Å². The largest absolute Gasteiger partial charge is 0.350 e. The van der Waals surface area contributed by atoms with Crippen molar-refractivity contribution in [2.75, 3.05) is 19.6 Å². The van der Waals surface area contributed by atoms with E-state index in [-0.39, 0.29) is 11.9 Å². The lowest BCUT2D eigenvalue weighted by atomic mass is 10.1. The quantitative estimate of drug-likeness (QED) is 0.684. The summed E-state index contributed by atoms with van der Waals surface area (Å²) in [6.07, 6.45) is 2.48. The maximum absolute atomic E-state index is 12.7. The van der Waals surface area contributed by atoms with Crippen molar-refractivity contribution in [1.82, 2.24) is 20.0 Å². The van der Waals surface area contributed by atoms with Crippen molar-refractivity contribution in [3.05, 3.63) is 69.7 Å². The third-order valence-corrected chi connectivity index (χ3v) is 6.27. The molecule has 0 saturated carbocycles. The van der Waals surface area contributed by atoms with Crippen LogP contribution in [0.15, 0.2) is 47.8 Å². The number of hydrogen-bond donors (Lipinski definition) is 1. The lowest BCUT2D eigenvalue weighted by Gasteiger charge is -2.27. The second-order valence-electron chi connectivity index (χ2n) is 7.37. The SMILES string of the molecule is Cc1cc(C)n(-c2ccc(C(=O)NC[C@@H](c3cccs3)N3CCCC3)cc2)n1. The molecule has 146 valence electrons. The van der Waals surface area contributed by atoms with Crippen molar-refractivity contribution < 1.29 is 4.79 Å². The van der Waals surface area contributed by atoms with Gasteiger partial charge in [-0.1, -0.05) is 6.07 Å². The fourth-order valence-corrected chi connectivity index (χ4v) is 4.74. The van der Waals surface area contributed by atoms with Crippen LogP contribution in [0.5, 0.6) is 0 Å². The lowest BCUT2D eigenvalue weighted by Crippen LogP contribution is -2.36. The number of likely N-dealkylation sites (tertiary alicyclic amines) is 1. The standard InChI is InChI=1S/C22H26N4OS/c1-16-14-17(2)26(24-16)19-9-7-18(8-10-19)22(27)23-15-20(21-6-5-13-28-21)25-11-3-4-12-25/h5-10,13-14,20H,3-4,11-12,15H2,1-2H3,(H,23,27)/t20-/m0/s1. The van der Waals surface area contributed by atoms with Gasteiger partial charge in [0.05, 0.1) is 17.4 Å². The summed E-state index contributed by atoms with van der Waals surface area (Å²) in [7, 11) is 0. The van der Waals surface area contributed by atoms with Gasteiger partial charge in [-0.3, -0.25) is 9.69 Å². The van der Waals surface area contributed by atoms with Gasteiger partial charge in [-0.15, -0.1) is 11.3 Å². The van der Waals surface area contributed by atoms with Crippen molar-refractivity contribution in [1.29, 1.82) is 0 Å². The third kappa shape index (κ3) is 4.03. The summed E-state index contributed by atoms with van der Waals surface area (Å²) in [5.41, 5.74) is 3.72. The zero-order chi connectivity index (χ0) is 19.5. The average molecular weight is 395 g/mol. The molecule has 4 rings (SSSR count). The summed E-state index contributed by atoms with van der Waals surface area (Å²) in [6, 6.07) is 14.2. The molecule has 6 heteroatoms. The first-order valence-electron chi connectivity index (χ1n) is 9.81. The van der Waals surface area contributed by atoms with E-state index in [1.54, 1.807) is 11.3 Å². The Hall–Kier alpha value is -2.44. The number of carbonyl (C=O) groups excluding carboxylic acids is 1. The van der Waals surface area contributed by atoms with Gasteiger partial charge < -0.3 is 5.32 Å². The van der Waals surface area contributed by atoms with E-state index in [1.165, 1.54) is 17.7 Å². The van der Waals surface area contributed by atoms with Gasteiger partial charge in [-0.05, 0) is 81.6 Å². The van der Waals surface area contributed by atoms with Crippen molar-refractivity contribution in [3.8, 4) is 5.69 Å². The third-order valence-electron chi connectivity index (χ3n) is 5.29. The van der Waals surface area contributed by atoms with Crippen LogP contribution in [0.2, 0.25) is 0 Å². The van der Waals surface area contributed by atoms with Crippen LogP contribution in [-0.4, -0.2) is 40.2 Å². The number of aromatic nitrogens is 2. The zero-order valence-electron chi connectivity index (χ0n) is 16.4. The maximum Gasteiger partial charge on any atom is 0.251 e. The number of benzene rings is 1. The molecule has 5 nitrogen and oxygen atoms in total. The molecule has 0 bridgehead atoms. The molecule has 1 fully saturated rings. The lowest BCUT2D eigenvalue weighted by molar-refractivity contribution is 0.0938. The van der Waals surface area contributed by atoms with E-state index >= 15 is 0 Å². The highest BCUT2D eigenvalue weighted by molar-refractivity contribution is 7.10. The fraction of sp³-hybridized carbons (Fsp3) is 0.364. The first-order valence-corrected chi connectivity index (χ1v) is 10.7. The van der Waals surface area contributed by atoms with Crippen molar-refractivity contribution in [2.24, 2.45) is 0 Å². The minimum absolute atomic E-state index is 0.0272. The molecule has 1 aromatic carbocycles. The predicted octanol–water partition coefficient (Wildman–Crippen LogP) is 4.12. The highest BCUT2D eigenvalue weighted by atomic mass is 32.1. The molecular formula is C22H26N4OS. The van der Waals surface area contributed by atoms with E-state index < -0.39 is 0 Å². The van der Waals surface area contributed by atoms with Gasteiger partial charge in [0.15, 0.2) is 0 Å². The van der Waals surface area contributed by atoms with E-state index in [4.69, 9.17) is 0 Å². The minimum Gasteiger partial charge on any atom is -0.350 e. The van der Waals surface area contributed by atoms with Crippen LogP contribution in [0, 0.1) is 13.8 Å². The highest BCUT2D eigenvalue weighted by Crippen LogP contribution is 2.28. The number of hydrogen-bond acceptors (Lipinski definition) is 4. The Morgan fingerprint density at radius 3 is 2.54 bits per heavy atom. The molecule has 3 heterocycles. The van der Waals surface area contributed by atoms with Gasteiger partial charge >= 0.3 is 0 Å². The summed E-state index contributed by atoms with van der Waals surface area (Å²) in [5.74, 6) is -0.0272. The monoisotopic (exact) mass is 394 g/mol. The molecular weight excluding hydrogens is 368 g/mol. The Morgan fingerprint density at radius 1 is 1.18 bits per heavy atom. The molecule has 0 aliphatic carbocycles. The second-order valence-corrected chi connectivity index (χ2v) is 8.35. The van der Waals surface area contributed by atoms with Gasteiger partial charge in [0.25, 0.3) is 5.91 Å². The number of nitrogens with zero attached hydrogens (tertiary/aromatic N) is 3. The van der Waals surface area contributed by atoms with E-state index in [0.29, 0.717) is 12.1 Å². The van der Waals surface area contributed by atoms with Gasteiger partial charge in [0, 0.05) is 22.7 Å². The second kappa shape index (κ2) is 8.29. The molecule has 1 amide bonds. The van der Waals surface area contributed by atoms with Crippen LogP contribution in [0.3, 0.4) is 0 Å². The molecule has 0 radical (unpaired) electrons. The Kier molecular flexibility index (Phi) is 5.59. The first-order chi connectivity index (χ1) is 13.6. The zero-order valence-corrected chi connectivity index (χ0v) is 17.2. The Labute approximate surface area is 170 Å². The predicted molar refractivity (Wildman–Crippen MR) is 113 cm³/mol. The summed E-state index contributed by atoms with van der Waals surface area (Å²) in [4.78, 5) is 16.5. The molecule has 1 aliphatic rings. The summed E-state index contributed by atoms with van der Waals surface area (Å²) in [5, 5.41) is 9.75. The van der Waals surface area contributed by atoms with Gasteiger partial charge in [-0.25, -0.2) is 4.68 Å². The van der Waals surface area contributed by atoms with Gasteiger partial charge in [0.1, 0.15) is 0 Å². The molecule has 3 aromatic rings. The van der Waals surface area contributed by atoms with Crippen LogP contribution < -0.4 is 5.32 Å². The van der Waals surface area contributed by atoms with Crippen LogP contribution in [0.1, 0.15) is 45.5 Å². The Balaban J connectivity index is 1.43. The fourth-order valence-electron chi connectivity index (χ4n) is 3.88. The van der Waals surface area contributed by atoms with E-state index in [1.807, 2.05) is 48.9 Å². The molecule has 1 saturated heterocycles. The molecule has 0 unspecified atom stereocenters. The summed E-state index contributed by atoms with van der Waals surface area (Å²) < 4.78 is 1.90. The van der Waals surface area contributed by atoms with E-state index in [0.717, 1.165) is 30.2 Å². The van der Waals surface area contributed by atoms with Gasteiger partial charge in [0.2, 0.25) is 0 Å². The van der Waals surface area contributed by atoms with Crippen molar-refractivity contribution in [3.63, 3.8) is 0 Å². The van der Waals surface area contributed by atoms with Crippen LogP contribution in [-0.2, 0) is 0 Å². The van der Waals surface area contributed by atoms with E-state index in [9.17, 15) is 4.79 Å². The smallest absolute Gasteiger partial charge is 0.251 e. The van der Waals surface area contributed by atoms with Crippen LogP contribution >= 0.6 is 11.3 Å². The molecule has 28 heavy (non-hydrogen) atoms. The van der Waals surface area contributed by atoms with E-state index in [2.05, 4.69) is 32.8 Å². The maximum atomic E-state index is 12.7. The number of amides is 1. The highest BCUT2D eigenvalue weighted by Gasteiger charge is 2.24. The molecule has 1 aliphatic heterocycles. The number of thiophene rings is 1. The molecule has 1 N–H and O–H groups in total. The molecule has 2 aromatic heterocycles. The average Bonchev–Trinajstić information content (AvgIpc) is 3.45. The number of carbonyl (C=O) groups is 1. The van der Waals surface area contributed by atoms with Crippen LogP contribution in [0.25, 0.3) is 5.69 Å². The molecule has 0 spiro atoms.